The maximum atomic E-state index is 12.9. The van der Waals surface area contributed by atoms with E-state index in [2.05, 4.69) is 15.0 Å². The number of cyclic esters (lactones) is 1. The average Bonchev–Trinajstić information content (AvgIpc) is 3.70. The van der Waals surface area contributed by atoms with Crippen molar-refractivity contribution in [2.45, 2.75) is 32.0 Å². The predicted molar refractivity (Wildman–Crippen MR) is 139 cm³/mol. The van der Waals surface area contributed by atoms with Gasteiger partial charge in [0.1, 0.15) is 12.1 Å². The van der Waals surface area contributed by atoms with Gasteiger partial charge in [0.2, 0.25) is 0 Å². The molecular weight excluding hydrogens is 482 g/mol. The Balaban J connectivity index is 1.25. The van der Waals surface area contributed by atoms with E-state index in [0.717, 1.165) is 11.1 Å². The highest BCUT2D eigenvalue weighted by Gasteiger charge is 2.43. The Morgan fingerprint density at radius 2 is 1.47 bits per heavy atom. The number of rotatable bonds is 9. The van der Waals surface area contributed by atoms with Crippen LogP contribution in [-0.2, 0) is 38.8 Å². The molecule has 0 amide bonds. The molecule has 2 atom stereocenters. The van der Waals surface area contributed by atoms with Gasteiger partial charge in [0.25, 0.3) is 0 Å². The van der Waals surface area contributed by atoms with E-state index in [0.29, 0.717) is 35.9 Å². The van der Waals surface area contributed by atoms with E-state index in [-0.39, 0.29) is 6.61 Å². The molecule has 6 rings (SSSR count). The van der Waals surface area contributed by atoms with E-state index >= 15 is 0 Å². The second-order valence-electron chi connectivity index (χ2n) is 8.82. The molecule has 0 bridgehead atoms. The molecule has 0 aliphatic carbocycles. The molecule has 2 unspecified atom stereocenters. The zero-order chi connectivity index (χ0) is 25.7. The fourth-order valence-corrected chi connectivity index (χ4v) is 4.36. The van der Waals surface area contributed by atoms with E-state index in [9.17, 15) is 4.79 Å². The van der Waals surface area contributed by atoms with Gasteiger partial charge >= 0.3 is 5.97 Å². The molecule has 0 spiro atoms. The van der Waals surface area contributed by atoms with Crippen LogP contribution in [-0.4, -0.2) is 42.3 Å². The minimum absolute atomic E-state index is 0.268. The van der Waals surface area contributed by atoms with Crippen molar-refractivity contribution in [3.05, 3.63) is 121 Å². The minimum atomic E-state index is -0.882. The molecule has 9 nitrogen and oxygen atoms in total. The van der Waals surface area contributed by atoms with Gasteiger partial charge in [-0.05, 0) is 29.3 Å². The molecule has 2 aromatic carbocycles. The second-order valence-corrected chi connectivity index (χ2v) is 8.82. The van der Waals surface area contributed by atoms with Crippen molar-refractivity contribution in [1.82, 2.24) is 24.1 Å². The van der Waals surface area contributed by atoms with Crippen LogP contribution in [0.4, 0.5) is 0 Å². The zero-order valence-electron chi connectivity index (χ0n) is 20.5. The Kier molecular flexibility index (Phi) is 6.75. The molecule has 0 N–H and O–H groups in total. The highest BCUT2D eigenvalue weighted by molar-refractivity contribution is 5.80. The van der Waals surface area contributed by atoms with E-state index < -0.39 is 18.2 Å². The number of esters is 1. The van der Waals surface area contributed by atoms with Crippen molar-refractivity contribution >= 4 is 17.1 Å². The number of imidazole rings is 1. The fourth-order valence-electron chi connectivity index (χ4n) is 4.36. The van der Waals surface area contributed by atoms with Gasteiger partial charge in [0.15, 0.2) is 29.2 Å². The van der Waals surface area contributed by atoms with Gasteiger partial charge in [-0.25, -0.2) is 19.7 Å². The first-order chi connectivity index (χ1) is 18.8. The molecule has 1 saturated heterocycles. The molecule has 0 saturated carbocycles. The van der Waals surface area contributed by atoms with Gasteiger partial charge in [0, 0.05) is 18.9 Å². The summed E-state index contributed by atoms with van der Waals surface area (Å²) in [6.07, 6.45) is 7.27. The molecule has 38 heavy (non-hydrogen) atoms. The summed E-state index contributed by atoms with van der Waals surface area (Å²) in [7, 11) is 0. The molecule has 190 valence electrons. The smallest absolute Gasteiger partial charge is 0.343 e. The molecular formula is C29H25N5O4. The molecule has 1 aliphatic heterocycles. The third kappa shape index (κ3) is 4.97. The zero-order valence-corrected chi connectivity index (χ0v) is 20.5. The van der Waals surface area contributed by atoms with Crippen LogP contribution in [0.15, 0.2) is 110 Å². The molecule has 1 aliphatic rings. The van der Waals surface area contributed by atoms with Gasteiger partial charge < -0.3 is 23.3 Å². The highest BCUT2D eigenvalue weighted by atomic mass is 16.6. The lowest BCUT2D eigenvalue weighted by Gasteiger charge is -2.18. The summed E-state index contributed by atoms with van der Waals surface area (Å²) in [6, 6.07) is 23.3. The summed E-state index contributed by atoms with van der Waals surface area (Å²) in [5, 5.41) is 0. The molecule has 1 fully saturated rings. The van der Waals surface area contributed by atoms with Gasteiger partial charge in [-0.15, -0.1) is 0 Å². The first kappa shape index (κ1) is 23.8. The van der Waals surface area contributed by atoms with Gasteiger partial charge in [-0.1, -0.05) is 60.7 Å². The Morgan fingerprint density at radius 3 is 2.16 bits per heavy atom. The standard InChI is InChI=1S/C29H25N5O4/c35-29-26(37-18-22-11-5-2-6-12-22)25(36-17-21-9-3-1-4-10-21)23(38-29)13-16-34-20-32-24-27(30-19-31-28(24)34)33-14-7-8-15-33/h1-15,19-20,25-26H,16-18H2/b23-13-. The maximum absolute atomic E-state index is 12.9. The van der Waals surface area contributed by atoms with E-state index in [1.54, 1.807) is 6.33 Å². The number of hydrogen-bond acceptors (Lipinski definition) is 7. The first-order valence-electron chi connectivity index (χ1n) is 12.3. The third-order valence-electron chi connectivity index (χ3n) is 6.27. The average molecular weight is 508 g/mol. The number of hydrogen-bond donors (Lipinski definition) is 0. The summed E-state index contributed by atoms with van der Waals surface area (Å²) >= 11 is 0. The number of fused-ring (bicyclic) bond motifs is 1. The minimum Gasteiger partial charge on any atom is -0.426 e. The van der Waals surface area contributed by atoms with Crippen LogP contribution in [0.3, 0.4) is 0 Å². The molecule has 0 radical (unpaired) electrons. The molecule has 4 heterocycles. The predicted octanol–water partition coefficient (Wildman–Crippen LogP) is 4.23. The highest BCUT2D eigenvalue weighted by Crippen LogP contribution is 2.28. The van der Waals surface area contributed by atoms with Crippen molar-refractivity contribution in [1.29, 1.82) is 0 Å². The summed E-state index contributed by atoms with van der Waals surface area (Å²) in [6.45, 7) is 0.953. The van der Waals surface area contributed by atoms with Crippen molar-refractivity contribution in [3.8, 4) is 5.82 Å². The Bertz CT molecular complexity index is 1550. The maximum Gasteiger partial charge on any atom is 0.343 e. The van der Waals surface area contributed by atoms with Crippen molar-refractivity contribution < 1.29 is 19.0 Å². The van der Waals surface area contributed by atoms with Crippen LogP contribution in [0.25, 0.3) is 17.0 Å². The molecule has 9 heteroatoms. The fraction of sp³-hybridized carbons (Fsp3) is 0.172. The van der Waals surface area contributed by atoms with Gasteiger partial charge in [-0.2, -0.15) is 0 Å². The first-order valence-corrected chi connectivity index (χ1v) is 12.3. The van der Waals surface area contributed by atoms with E-state index in [1.807, 2.05) is 100 Å². The number of carbonyl (C=O) groups excluding carboxylic acids is 1. The van der Waals surface area contributed by atoms with Crippen LogP contribution < -0.4 is 0 Å². The lowest BCUT2D eigenvalue weighted by atomic mass is 10.1. The van der Waals surface area contributed by atoms with Crippen LogP contribution >= 0.6 is 0 Å². The van der Waals surface area contributed by atoms with Crippen molar-refractivity contribution in [2.24, 2.45) is 0 Å². The quantitative estimate of drug-likeness (QED) is 0.276. The molecule has 5 aromatic rings. The Labute approximate surface area is 219 Å². The summed E-state index contributed by atoms with van der Waals surface area (Å²) in [4.78, 5) is 26.2. The van der Waals surface area contributed by atoms with Crippen LogP contribution in [0.1, 0.15) is 11.1 Å². The second kappa shape index (κ2) is 10.8. The van der Waals surface area contributed by atoms with E-state index in [4.69, 9.17) is 14.2 Å². The number of nitrogens with zero attached hydrogens (tertiary/aromatic N) is 5. The Hall–Kier alpha value is -4.60. The Morgan fingerprint density at radius 1 is 0.816 bits per heavy atom. The summed E-state index contributed by atoms with van der Waals surface area (Å²) < 4.78 is 21.6. The van der Waals surface area contributed by atoms with Gasteiger partial charge in [-0.3, -0.25) is 0 Å². The topological polar surface area (TPSA) is 93.3 Å². The lowest BCUT2D eigenvalue weighted by Crippen LogP contribution is -2.32. The third-order valence-corrected chi connectivity index (χ3v) is 6.27. The lowest BCUT2D eigenvalue weighted by molar-refractivity contribution is -0.149. The number of aromatic nitrogens is 5. The number of ether oxygens (including phenoxy) is 3. The van der Waals surface area contributed by atoms with Crippen LogP contribution in [0, 0.1) is 0 Å². The SMILES string of the molecule is O=C1O/C(=C\Cn2cnc3c(-n4cccc4)ncnc32)C(OCc2ccccc2)C1OCc1ccccc1. The van der Waals surface area contributed by atoms with E-state index in [1.165, 1.54) is 6.33 Å². The van der Waals surface area contributed by atoms with Crippen LogP contribution in [0.5, 0.6) is 0 Å². The van der Waals surface area contributed by atoms with Crippen LogP contribution in [0.2, 0.25) is 0 Å². The summed E-state index contributed by atoms with van der Waals surface area (Å²) in [5.41, 5.74) is 3.29. The summed E-state index contributed by atoms with van der Waals surface area (Å²) in [5.74, 6) is 0.626. The number of allylic oxidation sites excluding steroid dienone is 1. The van der Waals surface area contributed by atoms with Gasteiger partial charge in [0.05, 0.1) is 19.5 Å². The van der Waals surface area contributed by atoms with Crippen molar-refractivity contribution in [2.75, 3.05) is 0 Å². The molecule has 3 aromatic heterocycles. The normalized spacial score (nSPS) is 18.3. The number of carbonyl (C=O) groups is 1. The number of benzene rings is 2. The monoisotopic (exact) mass is 507 g/mol. The van der Waals surface area contributed by atoms with Crippen molar-refractivity contribution in [3.63, 3.8) is 0 Å². The largest absolute Gasteiger partial charge is 0.426 e.